The summed E-state index contributed by atoms with van der Waals surface area (Å²) in [6, 6.07) is 16.8. The van der Waals surface area contributed by atoms with Crippen LogP contribution in [0.5, 0.6) is 0 Å². The van der Waals surface area contributed by atoms with Gasteiger partial charge in [-0.2, -0.15) is 5.26 Å². The third kappa shape index (κ3) is 4.71. The molecule has 1 heterocycles. The van der Waals surface area contributed by atoms with E-state index in [0.717, 1.165) is 14.7 Å². The zero-order chi connectivity index (χ0) is 24.8. The van der Waals surface area contributed by atoms with Crippen molar-refractivity contribution < 1.29 is 14.3 Å². The van der Waals surface area contributed by atoms with E-state index in [-0.39, 0.29) is 24.5 Å². The lowest BCUT2D eigenvalue weighted by Crippen LogP contribution is -2.44. The zero-order valence-corrected chi connectivity index (χ0v) is 18.6. The summed E-state index contributed by atoms with van der Waals surface area (Å²) in [5.41, 5.74) is 5.35. The summed E-state index contributed by atoms with van der Waals surface area (Å²) in [6.07, 6.45) is 1.28. The number of rotatable bonds is 7. The molecule has 0 unspecified atom stereocenters. The molecule has 0 aliphatic heterocycles. The van der Waals surface area contributed by atoms with Crippen LogP contribution >= 0.6 is 0 Å². The normalized spacial score (nSPS) is 11.0. The molecule has 0 aliphatic rings. The molecule has 34 heavy (non-hydrogen) atoms. The summed E-state index contributed by atoms with van der Waals surface area (Å²) >= 11 is 0. The standard InChI is InChI=1S/C25H22N4O5/c1-3-28-23(31)20(22(27)29(25(28)33)15-17-7-5-4-6-8-17)21(30)19(14-26)13-16-9-11-18(12-10-16)24(32)34-2/h4-13H,3,15,27H2,1-2H3/b19-13+. The smallest absolute Gasteiger partial charge is 0.337 e. The largest absolute Gasteiger partial charge is 0.465 e. The van der Waals surface area contributed by atoms with Gasteiger partial charge in [0.25, 0.3) is 5.56 Å². The van der Waals surface area contributed by atoms with Crippen LogP contribution in [0.2, 0.25) is 0 Å². The first-order chi connectivity index (χ1) is 16.3. The molecule has 0 amide bonds. The quantitative estimate of drug-likeness (QED) is 0.248. The highest BCUT2D eigenvalue weighted by atomic mass is 16.5. The Bertz CT molecular complexity index is 1430. The fourth-order valence-electron chi connectivity index (χ4n) is 3.41. The molecule has 0 radical (unpaired) electrons. The van der Waals surface area contributed by atoms with E-state index in [1.54, 1.807) is 37.3 Å². The lowest BCUT2D eigenvalue weighted by molar-refractivity contribution is 0.0600. The number of esters is 1. The Balaban J connectivity index is 2.11. The average molecular weight is 458 g/mol. The number of nitrogens with two attached hydrogens (primary N) is 1. The summed E-state index contributed by atoms with van der Waals surface area (Å²) < 4.78 is 6.70. The Hall–Kier alpha value is -4.71. The number of benzene rings is 2. The van der Waals surface area contributed by atoms with Gasteiger partial charge in [0.1, 0.15) is 23.0 Å². The van der Waals surface area contributed by atoms with Gasteiger partial charge in [-0.05, 0) is 36.3 Å². The SMILES string of the molecule is CCn1c(=O)c(C(=O)/C(C#N)=C/c2ccc(C(=O)OC)cc2)c(N)n(Cc2ccccc2)c1=O. The number of methoxy groups -OCH3 is 1. The predicted molar refractivity (Wildman–Crippen MR) is 126 cm³/mol. The third-order valence-corrected chi connectivity index (χ3v) is 5.20. The number of aromatic nitrogens is 2. The number of nitrogens with zero attached hydrogens (tertiary/aromatic N) is 3. The minimum Gasteiger partial charge on any atom is -0.465 e. The molecule has 0 aliphatic carbocycles. The summed E-state index contributed by atoms with van der Waals surface area (Å²) in [4.78, 5) is 50.7. The van der Waals surface area contributed by atoms with Crippen molar-refractivity contribution in [2.75, 3.05) is 12.8 Å². The van der Waals surface area contributed by atoms with Crippen LogP contribution in [0.15, 0.2) is 69.8 Å². The van der Waals surface area contributed by atoms with Gasteiger partial charge in [0, 0.05) is 6.54 Å². The molecule has 0 bridgehead atoms. The number of ketones is 1. The van der Waals surface area contributed by atoms with Crippen molar-refractivity contribution in [2.45, 2.75) is 20.0 Å². The zero-order valence-electron chi connectivity index (χ0n) is 18.6. The lowest BCUT2D eigenvalue weighted by Gasteiger charge is -2.15. The van der Waals surface area contributed by atoms with Crippen molar-refractivity contribution in [1.82, 2.24) is 9.13 Å². The highest BCUT2D eigenvalue weighted by Gasteiger charge is 2.25. The minimum atomic E-state index is -0.897. The van der Waals surface area contributed by atoms with Crippen LogP contribution in [0, 0.1) is 11.3 Å². The molecule has 9 nitrogen and oxygen atoms in total. The second-order valence-electron chi connectivity index (χ2n) is 7.28. The van der Waals surface area contributed by atoms with Crippen molar-refractivity contribution in [3.05, 3.63) is 103 Å². The van der Waals surface area contributed by atoms with Gasteiger partial charge in [-0.3, -0.25) is 18.7 Å². The fourth-order valence-corrected chi connectivity index (χ4v) is 3.41. The first-order valence-corrected chi connectivity index (χ1v) is 10.3. The predicted octanol–water partition coefficient (Wildman–Crippen LogP) is 2.24. The van der Waals surface area contributed by atoms with Gasteiger partial charge in [-0.15, -0.1) is 0 Å². The Kier molecular flexibility index (Phi) is 7.23. The van der Waals surface area contributed by atoms with E-state index in [2.05, 4.69) is 4.74 Å². The number of carbonyl (C=O) groups excluding carboxylic acids is 2. The van der Waals surface area contributed by atoms with Gasteiger partial charge < -0.3 is 10.5 Å². The second kappa shape index (κ2) is 10.3. The Morgan fingerprint density at radius 3 is 2.26 bits per heavy atom. The summed E-state index contributed by atoms with van der Waals surface area (Å²) in [6.45, 7) is 1.67. The molecule has 0 fully saturated rings. The summed E-state index contributed by atoms with van der Waals surface area (Å²) in [5.74, 6) is -1.73. The van der Waals surface area contributed by atoms with Crippen LogP contribution < -0.4 is 17.0 Å². The number of anilines is 1. The maximum atomic E-state index is 13.3. The highest BCUT2D eigenvalue weighted by molar-refractivity contribution is 6.16. The molecule has 2 aromatic carbocycles. The molecule has 0 spiro atoms. The van der Waals surface area contributed by atoms with E-state index in [9.17, 15) is 24.4 Å². The van der Waals surface area contributed by atoms with Gasteiger partial charge in [0.15, 0.2) is 0 Å². The molecule has 0 saturated heterocycles. The van der Waals surface area contributed by atoms with E-state index >= 15 is 0 Å². The van der Waals surface area contributed by atoms with Gasteiger partial charge in [0.2, 0.25) is 5.78 Å². The number of hydrogen-bond donors (Lipinski definition) is 1. The van der Waals surface area contributed by atoms with Crippen LogP contribution in [0.25, 0.3) is 6.08 Å². The van der Waals surface area contributed by atoms with Crippen molar-refractivity contribution in [2.24, 2.45) is 0 Å². The Labute approximate surface area is 194 Å². The first-order valence-electron chi connectivity index (χ1n) is 10.3. The molecule has 9 heteroatoms. The van der Waals surface area contributed by atoms with Crippen LogP contribution in [0.3, 0.4) is 0 Å². The van der Waals surface area contributed by atoms with Crippen molar-refractivity contribution >= 4 is 23.6 Å². The lowest BCUT2D eigenvalue weighted by atomic mass is 10.0. The maximum Gasteiger partial charge on any atom is 0.337 e. The number of hydrogen-bond acceptors (Lipinski definition) is 7. The summed E-state index contributed by atoms with van der Waals surface area (Å²) in [7, 11) is 1.26. The monoisotopic (exact) mass is 458 g/mol. The minimum absolute atomic E-state index is 0.0214. The van der Waals surface area contributed by atoms with Gasteiger partial charge in [-0.25, -0.2) is 9.59 Å². The number of Topliss-reactive ketones (excluding diaryl/α,β-unsaturated/α-hetero) is 1. The molecular weight excluding hydrogens is 436 g/mol. The molecule has 0 saturated carbocycles. The second-order valence-corrected chi connectivity index (χ2v) is 7.28. The molecule has 3 aromatic rings. The molecular formula is C25H22N4O5. The van der Waals surface area contributed by atoms with Crippen LogP contribution in [0.4, 0.5) is 5.82 Å². The number of nitriles is 1. The van der Waals surface area contributed by atoms with E-state index in [1.807, 2.05) is 6.07 Å². The number of nitrogen functional groups attached to an aromatic ring is 1. The Morgan fingerprint density at radius 1 is 1.06 bits per heavy atom. The van der Waals surface area contributed by atoms with Crippen LogP contribution in [-0.2, 0) is 17.8 Å². The van der Waals surface area contributed by atoms with Crippen LogP contribution in [-0.4, -0.2) is 28.0 Å². The number of ether oxygens (including phenoxy) is 1. The summed E-state index contributed by atoms with van der Waals surface area (Å²) in [5, 5.41) is 9.64. The van der Waals surface area contributed by atoms with E-state index in [1.165, 1.54) is 37.5 Å². The van der Waals surface area contributed by atoms with Gasteiger partial charge in [0.05, 0.1) is 19.2 Å². The van der Waals surface area contributed by atoms with Crippen molar-refractivity contribution in [3.63, 3.8) is 0 Å². The van der Waals surface area contributed by atoms with Gasteiger partial charge >= 0.3 is 11.7 Å². The first kappa shape index (κ1) is 23.9. The topological polar surface area (TPSA) is 137 Å². The Morgan fingerprint density at radius 2 is 1.71 bits per heavy atom. The van der Waals surface area contributed by atoms with E-state index in [0.29, 0.717) is 11.1 Å². The molecule has 2 N–H and O–H groups in total. The van der Waals surface area contributed by atoms with E-state index in [4.69, 9.17) is 5.73 Å². The fraction of sp³-hybridized carbons (Fsp3) is 0.160. The molecule has 0 atom stereocenters. The van der Waals surface area contributed by atoms with Gasteiger partial charge in [-0.1, -0.05) is 42.5 Å². The molecule has 172 valence electrons. The van der Waals surface area contributed by atoms with Crippen molar-refractivity contribution in [3.8, 4) is 6.07 Å². The van der Waals surface area contributed by atoms with Crippen LogP contribution in [0.1, 0.15) is 38.8 Å². The third-order valence-electron chi connectivity index (χ3n) is 5.20. The molecule has 1 aromatic heterocycles. The van der Waals surface area contributed by atoms with E-state index < -0.39 is 28.6 Å². The number of carbonyl (C=O) groups is 2. The molecule has 3 rings (SSSR count). The number of allylic oxidation sites excluding steroid dienone is 1. The average Bonchev–Trinajstić information content (AvgIpc) is 2.85. The van der Waals surface area contributed by atoms with Crippen molar-refractivity contribution in [1.29, 1.82) is 5.26 Å². The highest BCUT2D eigenvalue weighted by Crippen LogP contribution is 2.16. The maximum absolute atomic E-state index is 13.3.